The van der Waals surface area contributed by atoms with E-state index in [9.17, 15) is 0 Å². The Morgan fingerprint density at radius 2 is 0.667 bits per heavy atom. The van der Waals surface area contributed by atoms with Crippen LogP contribution < -0.4 is 0 Å². The van der Waals surface area contributed by atoms with Gasteiger partial charge in [-0.2, -0.15) is 0 Å². The number of rotatable bonds is 0. The molecule has 0 spiro atoms. The van der Waals surface area contributed by atoms with Crippen LogP contribution in [0.2, 0.25) is 0 Å². The van der Waals surface area contributed by atoms with Gasteiger partial charge in [-0.15, -0.1) is 0 Å². The fourth-order valence-electron chi connectivity index (χ4n) is 0. The van der Waals surface area contributed by atoms with E-state index >= 15 is 0 Å². The molecule has 0 aromatic heterocycles. The number of hydrogen-bond acceptors (Lipinski definition) is 2. The van der Waals surface area contributed by atoms with Gasteiger partial charge in [0, 0.05) is 27.3 Å². The fraction of sp³-hybridized carbons (Fsp3) is 0. The van der Waals surface area contributed by atoms with Gasteiger partial charge < -0.3 is 21.9 Å². The zero-order valence-corrected chi connectivity index (χ0v) is 9.98. The molecule has 0 saturated carbocycles. The summed E-state index contributed by atoms with van der Waals surface area (Å²) in [6, 6.07) is 0. The van der Waals surface area contributed by atoms with Gasteiger partial charge in [0.05, 0.1) is 0 Å². The molecule has 0 aliphatic rings. The van der Waals surface area contributed by atoms with Gasteiger partial charge in [0.2, 0.25) is 0 Å². The van der Waals surface area contributed by atoms with Crippen molar-refractivity contribution in [3.8, 4) is 0 Å². The van der Waals surface area contributed by atoms with Crippen LogP contribution in [-0.4, -0.2) is 21.9 Å². The largest absolute Gasteiger partial charge is 2.00 e. The molecule has 0 aliphatic carbocycles. The standard InChI is InChI=1S/Cd.4H2O.W/h;4*1H2;/q;;;;;+2/p-2. The molecule has 0 amide bonds. The number of hydrogen-bond donors (Lipinski definition) is 0. The molecule has 38 valence electrons. The second-order valence-electron chi connectivity index (χ2n) is 0. The van der Waals surface area contributed by atoms with E-state index in [1.165, 1.54) is 0 Å². The van der Waals surface area contributed by atoms with Crippen LogP contribution in [0.1, 0.15) is 0 Å². The molecule has 6 heavy (non-hydrogen) atoms. The van der Waals surface area contributed by atoms with Crippen molar-refractivity contribution in [2.24, 2.45) is 0 Å². The molecule has 0 unspecified atom stereocenters. The molecule has 0 fully saturated rings. The minimum Gasteiger partial charge on any atom is -0.870 e. The van der Waals surface area contributed by atoms with Crippen LogP contribution in [0.5, 0.6) is 0 Å². The summed E-state index contributed by atoms with van der Waals surface area (Å²) in [7, 11) is 0. The minimum atomic E-state index is 0. The summed E-state index contributed by atoms with van der Waals surface area (Å²) in [6.07, 6.45) is 0. The maximum absolute atomic E-state index is 0. The quantitative estimate of drug-likeness (QED) is 0.460. The predicted octanol–water partition coefficient (Wildman–Crippen LogP) is -2.01. The Bertz CT molecular complexity index is 7.51. The van der Waals surface area contributed by atoms with E-state index in [2.05, 4.69) is 0 Å². The van der Waals surface area contributed by atoms with Gasteiger partial charge in [0.1, 0.15) is 0 Å². The molecule has 0 saturated heterocycles. The van der Waals surface area contributed by atoms with E-state index in [-0.39, 0.29) is 70.3 Å². The fourth-order valence-corrected chi connectivity index (χ4v) is 0. The van der Waals surface area contributed by atoms with Crippen LogP contribution >= 0.6 is 0 Å². The van der Waals surface area contributed by atoms with Crippen molar-refractivity contribution in [1.29, 1.82) is 0 Å². The Kier molecular flexibility index (Phi) is 2240. The van der Waals surface area contributed by atoms with Crippen molar-refractivity contribution in [1.82, 2.24) is 0 Å². The maximum atomic E-state index is 0. The molecular formula is H6CdO4W. The molecule has 6 N–H and O–H groups in total. The average molecular weight is 366 g/mol. The maximum Gasteiger partial charge on any atom is 2.00 e. The van der Waals surface area contributed by atoms with Gasteiger partial charge in [0.15, 0.2) is 0 Å². The third-order valence-electron chi connectivity index (χ3n) is 0. The predicted molar refractivity (Wildman–Crippen MR) is 11.1 cm³/mol. The minimum absolute atomic E-state index is 0. The van der Waals surface area contributed by atoms with E-state index < -0.39 is 0 Å². The molecule has 0 heterocycles. The van der Waals surface area contributed by atoms with Crippen LogP contribution in [0.3, 0.4) is 0 Å². The van der Waals surface area contributed by atoms with Gasteiger partial charge in [0.25, 0.3) is 0 Å². The van der Waals surface area contributed by atoms with Gasteiger partial charge >= 0.3 is 21.1 Å². The smallest absolute Gasteiger partial charge is 0.870 e. The van der Waals surface area contributed by atoms with Crippen LogP contribution in [0.15, 0.2) is 0 Å². The van der Waals surface area contributed by atoms with E-state index in [4.69, 9.17) is 0 Å². The van der Waals surface area contributed by atoms with Gasteiger partial charge in [-0.1, -0.05) is 0 Å². The molecule has 4 nitrogen and oxygen atoms in total. The Hall–Kier alpha value is 1.45. The summed E-state index contributed by atoms with van der Waals surface area (Å²) in [5, 5.41) is 0. The van der Waals surface area contributed by atoms with Gasteiger partial charge in [-0.05, 0) is 0 Å². The second-order valence-corrected chi connectivity index (χ2v) is 0. The first-order valence-electron chi connectivity index (χ1n) is 0. The van der Waals surface area contributed by atoms with Crippen LogP contribution in [0.4, 0.5) is 0 Å². The topological polar surface area (TPSA) is 123 Å². The zero-order valence-electron chi connectivity index (χ0n) is 3.01. The summed E-state index contributed by atoms with van der Waals surface area (Å²) in [5.41, 5.74) is 0. The van der Waals surface area contributed by atoms with Crippen LogP contribution in [0, 0.1) is 0 Å². The normalized spacial score (nSPS) is 0. The molecule has 0 atom stereocenters. The summed E-state index contributed by atoms with van der Waals surface area (Å²) in [6.45, 7) is 0. The SMILES string of the molecule is O.O.[Cd].[OH-].[OH-].[W+2]. The Balaban J connectivity index is 0. The van der Waals surface area contributed by atoms with E-state index in [0.29, 0.717) is 0 Å². The summed E-state index contributed by atoms with van der Waals surface area (Å²) >= 11 is 0. The van der Waals surface area contributed by atoms with Gasteiger partial charge in [-0.25, -0.2) is 0 Å². The van der Waals surface area contributed by atoms with E-state index in [1.54, 1.807) is 0 Å². The monoisotopic (exact) mass is 368 g/mol. The molecule has 0 aliphatic heterocycles. The van der Waals surface area contributed by atoms with Crippen LogP contribution in [-0.2, 0) is 48.4 Å². The average Bonchev–Trinajstić information content (AvgIpc) is 0. The molecule has 0 aromatic rings. The van der Waals surface area contributed by atoms with E-state index in [0.717, 1.165) is 0 Å². The zero-order chi connectivity index (χ0) is 0. The van der Waals surface area contributed by atoms with Crippen molar-refractivity contribution < 1.29 is 70.3 Å². The third kappa shape index (κ3) is 51.3. The van der Waals surface area contributed by atoms with Crippen LogP contribution in [0.25, 0.3) is 0 Å². The summed E-state index contributed by atoms with van der Waals surface area (Å²) in [5.74, 6) is 0. The molecule has 0 aromatic carbocycles. The van der Waals surface area contributed by atoms with Crippen molar-refractivity contribution in [2.75, 3.05) is 0 Å². The van der Waals surface area contributed by atoms with Crippen molar-refractivity contribution in [3.05, 3.63) is 0 Å². The summed E-state index contributed by atoms with van der Waals surface area (Å²) in [4.78, 5) is 0. The van der Waals surface area contributed by atoms with Crippen molar-refractivity contribution in [2.45, 2.75) is 0 Å². The van der Waals surface area contributed by atoms with Crippen molar-refractivity contribution in [3.63, 3.8) is 0 Å². The Labute approximate surface area is 70.0 Å². The molecule has 0 radical (unpaired) electrons. The molecule has 6 heteroatoms. The first-order chi connectivity index (χ1) is 0. The Morgan fingerprint density at radius 3 is 0.667 bits per heavy atom. The molecular weight excluding hydrogens is 360 g/mol. The first kappa shape index (κ1) is 147. The van der Waals surface area contributed by atoms with E-state index in [1.807, 2.05) is 0 Å². The summed E-state index contributed by atoms with van der Waals surface area (Å²) < 4.78 is 0. The second kappa shape index (κ2) is 91.1. The molecule has 0 rings (SSSR count). The Morgan fingerprint density at radius 1 is 0.667 bits per heavy atom. The van der Waals surface area contributed by atoms with Gasteiger partial charge in [-0.3, -0.25) is 0 Å². The molecule has 0 bridgehead atoms. The third-order valence-corrected chi connectivity index (χ3v) is 0. The van der Waals surface area contributed by atoms with Crippen molar-refractivity contribution >= 4 is 0 Å². The first-order valence-corrected chi connectivity index (χ1v) is 0.